The van der Waals surface area contributed by atoms with E-state index in [0.717, 1.165) is 16.4 Å². The van der Waals surface area contributed by atoms with Gasteiger partial charge in [-0.2, -0.15) is 0 Å². The monoisotopic (exact) mass is 227 g/mol. The van der Waals surface area contributed by atoms with Gasteiger partial charge in [-0.15, -0.1) is 0 Å². The summed E-state index contributed by atoms with van der Waals surface area (Å²) >= 11 is 0. The van der Waals surface area contributed by atoms with Crippen molar-refractivity contribution in [2.24, 2.45) is 0 Å². The minimum atomic E-state index is -1.05. The van der Waals surface area contributed by atoms with Crippen LogP contribution in [0.3, 0.4) is 0 Å². The topological polar surface area (TPSA) is 76.5 Å². The molecule has 0 amide bonds. The standard InChI is InChI=1S/C13H9NO3/c14-10-5-8-7-3-1-2-4-11(7)17-12(8)6-9(10)13(15)16/h1-6H,14H2,(H,15,16). The number of nitrogen functional groups attached to an aromatic ring is 1. The number of para-hydroxylation sites is 1. The van der Waals surface area contributed by atoms with Crippen LogP contribution in [0.5, 0.6) is 0 Å². The molecule has 4 nitrogen and oxygen atoms in total. The van der Waals surface area contributed by atoms with Crippen LogP contribution in [-0.2, 0) is 0 Å². The Labute approximate surface area is 96.2 Å². The second-order valence-corrected chi connectivity index (χ2v) is 3.84. The molecule has 84 valence electrons. The number of carbonyl (C=O) groups is 1. The summed E-state index contributed by atoms with van der Waals surface area (Å²) in [6.07, 6.45) is 0. The van der Waals surface area contributed by atoms with Crippen molar-refractivity contribution in [2.45, 2.75) is 0 Å². The van der Waals surface area contributed by atoms with E-state index >= 15 is 0 Å². The number of fused-ring (bicyclic) bond motifs is 3. The first kappa shape index (κ1) is 9.72. The zero-order valence-corrected chi connectivity index (χ0v) is 8.81. The molecule has 3 rings (SSSR count). The van der Waals surface area contributed by atoms with Crippen molar-refractivity contribution in [3.8, 4) is 0 Å². The van der Waals surface area contributed by atoms with Crippen LogP contribution >= 0.6 is 0 Å². The van der Waals surface area contributed by atoms with Crippen LogP contribution in [0.2, 0.25) is 0 Å². The van der Waals surface area contributed by atoms with Crippen LogP contribution in [0.4, 0.5) is 5.69 Å². The molecule has 0 spiro atoms. The van der Waals surface area contributed by atoms with E-state index in [1.54, 1.807) is 6.07 Å². The molecule has 1 aromatic heterocycles. The lowest BCUT2D eigenvalue weighted by atomic mass is 10.1. The number of carboxylic acids is 1. The molecular formula is C13H9NO3. The molecule has 0 aliphatic heterocycles. The number of aromatic carboxylic acids is 1. The maximum absolute atomic E-state index is 11.0. The highest BCUT2D eigenvalue weighted by Gasteiger charge is 2.13. The summed E-state index contributed by atoms with van der Waals surface area (Å²) in [4.78, 5) is 11.0. The summed E-state index contributed by atoms with van der Waals surface area (Å²) in [5.74, 6) is -1.05. The number of anilines is 1. The fourth-order valence-electron chi connectivity index (χ4n) is 1.97. The Bertz CT molecular complexity index is 743. The summed E-state index contributed by atoms with van der Waals surface area (Å²) in [6, 6.07) is 10.6. The molecule has 4 heteroatoms. The average Bonchev–Trinajstić information content (AvgIpc) is 2.65. The SMILES string of the molecule is Nc1cc2c(cc1C(=O)O)oc1ccccc12. The van der Waals surface area contributed by atoms with Crippen molar-refractivity contribution in [1.82, 2.24) is 0 Å². The van der Waals surface area contributed by atoms with E-state index in [9.17, 15) is 4.79 Å². The Morgan fingerprint density at radius 3 is 2.65 bits per heavy atom. The van der Waals surface area contributed by atoms with Gasteiger partial charge in [0.1, 0.15) is 11.2 Å². The molecule has 17 heavy (non-hydrogen) atoms. The Morgan fingerprint density at radius 2 is 1.88 bits per heavy atom. The Kier molecular flexibility index (Phi) is 1.86. The van der Waals surface area contributed by atoms with Crippen LogP contribution in [0.1, 0.15) is 10.4 Å². The van der Waals surface area contributed by atoms with E-state index in [4.69, 9.17) is 15.3 Å². The lowest BCUT2D eigenvalue weighted by Crippen LogP contribution is -2.01. The third-order valence-electron chi connectivity index (χ3n) is 2.78. The van der Waals surface area contributed by atoms with Crippen molar-refractivity contribution in [1.29, 1.82) is 0 Å². The van der Waals surface area contributed by atoms with Gasteiger partial charge in [-0.25, -0.2) is 4.79 Å². The number of hydrogen-bond donors (Lipinski definition) is 2. The zero-order valence-electron chi connectivity index (χ0n) is 8.81. The highest BCUT2D eigenvalue weighted by molar-refractivity contribution is 6.09. The molecule has 1 heterocycles. The van der Waals surface area contributed by atoms with Gasteiger partial charge in [0.25, 0.3) is 0 Å². The van der Waals surface area contributed by atoms with Gasteiger partial charge in [0.15, 0.2) is 0 Å². The summed E-state index contributed by atoms with van der Waals surface area (Å²) in [5, 5.41) is 10.8. The summed E-state index contributed by atoms with van der Waals surface area (Å²) < 4.78 is 5.58. The Morgan fingerprint density at radius 1 is 1.12 bits per heavy atom. The molecule has 0 saturated carbocycles. The molecule has 0 saturated heterocycles. The number of hydrogen-bond acceptors (Lipinski definition) is 3. The number of nitrogens with two attached hydrogens (primary N) is 1. The normalized spacial score (nSPS) is 11.1. The lowest BCUT2D eigenvalue weighted by Gasteiger charge is -1.99. The van der Waals surface area contributed by atoms with Crippen molar-refractivity contribution in [3.63, 3.8) is 0 Å². The Balaban J connectivity index is 2.46. The predicted octanol–water partition coefficient (Wildman–Crippen LogP) is 2.87. The van der Waals surface area contributed by atoms with Gasteiger partial charge in [-0.05, 0) is 18.2 Å². The van der Waals surface area contributed by atoms with Gasteiger partial charge in [0, 0.05) is 16.5 Å². The van der Waals surface area contributed by atoms with Gasteiger partial charge in [-0.1, -0.05) is 18.2 Å². The van der Waals surface area contributed by atoms with E-state index < -0.39 is 5.97 Å². The smallest absolute Gasteiger partial charge is 0.337 e. The minimum absolute atomic E-state index is 0.0663. The molecule has 3 aromatic rings. The van der Waals surface area contributed by atoms with Crippen LogP contribution in [0.15, 0.2) is 40.8 Å². The largest absolute Gasteiger partial charge is 0.478 e. The minimum Gasteiger partial charge on any atom is -0.478 e. The first-order valence-corrected chi connectivity index (χ1v) is 5.11. The van der Waals surface area contributed by atoms with Crippen molar-refractivity contribution >= 4 is 33.6 Å². The number of rotatable bonds is 1. The van der Waals surface area contributed by atoms with Gasteiger partial charge in [0.2, 0.25) is 0 Å². The number of furan rings is 1. The highest BCUT2D eigenvalue weighted by Crippen LogP contribution is 2.31. The summed E-state index contributed by atoms with van der Waals surface area (Å²) in [5.41, 5.74) is 7.29. The fraction of sp³-hybridized carbons (Fsp3) is 0. The molecule has 3 N–H and O–H groups in total. The molecule has 2 aromatic carbocycles. The van der Waals surface area contributed by atoms with Crippen molar-refractivity contribution in [2.75, 3.05) is 5.73 Å². The molecular weight excluding hydrogens is 218 g/mol. The second-order valence-electron chi connectivity index (χ2n) is 3.84. The van der Waals surface area contributed by atoms with Crippen LogP contribution in [0, 0.1) is 0 Å². The van der Waals surface area contributed by atoms with E-state index in [1.807, 2.05) is 24.3 Å². The van der Waals surface area contributed by atoms with Gasteiger partial charge in [-0.3, -0.25) is 0 Å². The van der Waals surface area contributed by atoms with Crippen LogP contribution in [-0.4, -0.2) is 11.1 Å². The molecule has 0 fully saturated rings. The molecule has 0 bridgehead atoms. The maximum Gasteiger partial charge on any atom is 0.337 e. The first-order valence-electron chi connectivity index (χ1n) is 5.11. The molecule has 0 aliphatic rings. The van der Waals surface area contributed by atoms with Crippen LogP contribution in [0.25, 0.3) is 21.9 Å². The summed E-state index contributed by atoms with van der Waals surface area (Å²) in [6.45, 7) is 0. The fourth-order valence-corrected chi connectivity index (χ4v) is 1.97. The maximum atomic E-state index is 11.0. The van der Waals surface area contributed by atoms with E-state index in [0.29, 0.717) is 5.58 Å². The predicted molar refractivity (Wildman–Crippen MR) is 65.1 cm³/mol. The van der Waals surface area contributed by atoms with Gasteiger partial charge in [0.05, 0.1) is 5.56 Å². The quantitative estimate of drug-likeness (QED) is 0.626. The highest BCUT2D eigenvalue weighted by atomic mass is 16.4. The molecule has 0 radical (unpaired) electrons. The number of carboxylic acid groups (broad SMARTS) is 1. The number of benzene rings is 2. The second kappa shape index (κ2) is 3.25. The van der Waals surface area contributed by atoms with Crippen molar-refractivity contribution < 1.29 is 14.3 Å². The van der Waals surface area contributed by atoms with Gasteiger partial charge >= 0.3 is 5.97 Å². The lowest BCUT2D eigenvalue weighted by molar-refractivity contribution is 0.0698. The zero-order chi connectivity index (χ0) is 12.0. The average molecular weight is 227 g/mol. The Hall–Kier alpha value is -2.49. The van der Waals surface area contributed by atoms with Gasteiger partial charge < -0.3 is 15.3 Å². The van der Waals surface area contributed by atoms with E-state index in [-0.39, 0.29) is 11.3 Å². The van der Waals surface area contributed by atoms with Crippen LogP contribution < -0.4 is 5.73 Å². The van der Waals surface area contributed by atoms with E-state index in [1.165, 1.54) is 6.07 Å². The van der Waals surface area contributed by atoms with E-state index in [2.05, 4.69) is 0 Å². The summed E-state index contributed by atoms with van der Waals surface area (Å²) in [7, 11) is 0. The first-order chi connectivity index (χ1) is 8.16. The third kappa shape index (κ3) is 1.34. The molecule has 0 atom stereocenters. The molecule has 0 unspecified atom stereocenters. The van der Waals surface area contributed by atoms with Crippen molar-refractivity contribution in [3.05, 3.63) is 42.0 Å². The molecule has 0 aliphatic carbocycles. The third-order valence-corrected chi connectivity index (χ3v) is 2.78.